The van der Waals surface area contributed by atoms with Crippen molar-refractivity contribution >= 4 is 6.09 Å². The summed E-state index contributed by atoms with van der Waals surface area (Å²) in [7, 11) is 0. The molecule has 1 amide bonds. The molecule has 9 heteroatoms. The number of nitrogens with one attached hydrogen (secondary N) is 1. The molecule has 0 aromatic heterocycles. The molecule has 7 atom stereocenters. The van der Waals surface area contributed by atoms with E-state index in [9.17, 15) is 9.90 Å². The molecule has 1 saturated heterocycles. The second-order valence-electron chi connectivity index (χ2n) is 18.4. The number of hydrogen-bond donors (Lipinski definition) is 2. The number of unbranched alkanes of at least 4 members (excludes halogenated alkanes) is 10. The SMILES string of the molecule is CCCCCCCCCCCC/C=C/[C@@H](O)[C@H](C[C@H]1O[C@H](COCc2ccccc2)[C@H](OCc2ccccc2)[C@H](OCc2ccccc2)[C@H]1OCc1ccccc1)NC(=O)OC(C)(C)C. The van der Waals surface area contributed by atoms with Crippen molar-refractivity contribution < 1.29 is 38.3 Å². The van der Waals surface area contributed by atoms with Gasteiger partial charge in [-0.05, 0) is 62.3 Å². The molecule has 1 aliphatic heterocycles. The lowest BCUT2D eigenvalue weighted by Gasteiger charge is -2.47. The fraction of sp³-hybridized carbons (Fsp3) is 0.518. The third kappa shape index (κ3) is 20.0. The van der Waals surface area contributed by atoms with Gasteiger partial charge in [0, 0.05) is 0 Å². The van der Waals surface area contributed by atoms with Crippen molar-refractivity contribution in [3.05, 3.63) is 156 Å². The number of benzene rings is 4. The van der Waals surface area contributed by atoms with Crippen molar-refractivity contribution in [1.29, 1.82) is 0 Å². The average Bonchev–Trinajstić information content (AvgIpc) is 3.31. The van der Waals surface area contributed by atoms with Crippen molar-refractivity contribution in [2.24, 2.45) is 0 Å². The summed E-state index contributed by atoms with van der Waals surface area (Å²) < 4.78 is 40.0. The van der Waals surface area contributed by atoms with Gasteiger partial charge in [-0.1, -0.05) is 198 Å². The van der Waals surface area contributed by atoms with Gasteiger partial charge in [-0.15, -0.1) is 0 Å². The highest BCUT2D eigenvalue weighted by molar-refractivity contribution is 5.68. The summed E-state index contributed by atoms with van der Waals surface area (Å²) in [4.78, 5) is 13.5. The molecule has 0 radical (unpaired) electrons. The van der Waals surface area contributed by atoms with Crippen molar-refractivity contribution in [3.8, 4) is 0 Å². The van der Waals surface area contributed by atoms with Crippen LogP contribution >= 0.6 is 0 Å². The minimum atomic E-state index is -1.03. The van der Waals surface area contributed by atoms with E-state index in [1.54, 1.807) is 6.08 Å². The van der Waals surface area contributed by atoms with E-state index >= 15 is 0 Å². The molecule has 1 fully saturated rings. The number of carbonyl (C=O) groups excluding carboxylic acids is 1. The molecular formula is C56H77NO8. The van der Waals surface area contributed by atoms with Crippen LogP contribution in [-0.2, 0) is 54.8 Å². The molecule has 5 rings (SSSR count). The average molecular weight is 892 g/mol. The van der Waals surface area contributed by atoms with Crippen LogP contribution in [0.25, 0.3) is 0 Å². The van der Waals surface area contributed by atoms with Crippen LogP contribution in [-0.4, -0.2) is 66.1 Å². The Morgan fingerprint density at radius 2 is 1.05 bits per heavy atom. The smallest absolute Gasteiger partial charge is 0.407 e. The van der Waals surface area contributed by atoms with Gasteiger partial charge in [0.1, 0.15) is 30.0 Å². The van der Waals surface area contributed by atoms with Crippen LogP contribution in [0.3, 0.4) is 0 Å². The van der Waals surface area contributed by atoms with E-state index in [0.29, 0.717) is 19.8 Å². The van der Waals surface area contributed by atoms with E-state index in [2.05, 4.69) is 12.2 Å². The Bertz CT molecular complexity index is 1860. The van der Waals surface area contributed by atoms with Crippen LogP contribution in [0.4, 0.5) is 4.79 Å². The third-order valence-corrected chi connectivity index (χ3v) is 11.6. The molecular weight excluding hydrogens is 815 g/mol. The Morgan fingerprint density at radius 3 is 1.52 bits per heavy atom. The van der Waals surface area contributed by atoms with Crippen molar-refractivity contribution in [2.45, 2.75) is 179 Å². The Morgan fingerprint density at radius 1 is 0.615 bits per heavy atom. The number of aliphatic hydroxyl groups is 1. The second-order valence-corrected chi connectivity index (χ2v) is 18.4. The summed E-state index contributed by atoms with van der Waals surface area (Å²) in [6.45, 7) is 9.21. The highest BCUT2D eigenvalue weighted by Crippen LogP contribution is 2.33. The predicted octanol–water partition coefficient (Wildman–Crippen LogP) is 12.2. The molecule has 354 valence electrons. The minimum Gasteiger partial charge on any atom is -0.444 e. The lowest BCUT2D eigenvalue weighted by molar-refractivity contribution is -0.274. The second kappa shape index (κ2) is 29.3. The number of rotatable bonds is 29. The van der Waals surface area contributed by atoms with Gasteiger partial charge >= 0.3 is 6.09 Å². The van der Waals surface area contributed by atoms with E-state index in [1.807, 2.05) is 148 Å². The molecule has 4 aromatic rings. The Balaban J connectivity index is 1.41. The van der Waals surface area contributed by atoms with E-state index < -0.39 is 54.4 Å². The lowest BCUT2D eigenvalue weighted by Crippen LogP contribution is -2.62. The highest BCUT2D eigenvalue weighted by Gasteiger charge is 2.49. The maximum atomic E-state index is 13.5. The molecule has 4 aromatic carbocycles. The van der Waals surface area contributed by atoms with E-state index in [4.69, 9.17) is 28.4 Å². The van der Waals surface area contributed by atoms with E-state index in [-0.39, 0.29) is 19.6 Å². The summed E-state index contributed by atoms with van der Waals surface area (Å²) in [5.41, 5.74) is 3.30. The van der Waals surface area contributed by atoms with Crippen LogP contribution in [0.1, 0.15) is 127 Å². The standard InChI is InChI=1S/C56H77NO8/c1-5-6-7-8-9-10-11-12-13-14-15-28-37-49(58)48(57-55(59)65-56(2,3)4)38-50-52(61-40-45-31-22-17-23-32-45)54(63-42-47-35-26-19-27-36-47)53(62-41-46-33-24-18-25-34-46)51(64-50)43-60-39-44-29-20-16-21-30-44/h16-37,48-54,58H,5-15,38-43H2,1-4H3,(H,57,59)/b37-28+/t48-,49+,50+,51+,52-,53-,54+/m0/s1. The normalized spacial score (nSPS) is 19.8. The van der Waals surface area contributed by atoms with Gasteiger partial charge in [0.05, 0.1) is 51.3 Å². The number of aliphatic hydroxyl groups excluding tert-OH is 1. The molecule has 2 N–H and O–H groups in total. The maximum Gasteiger partial charge on any atom is 0.407 e. The topological polar surface area (TPSA) is 105 Å². The minimum absolute atomic E-state index is 0.189. The molecule has 0 unspecified atom stereocenters. The fourth-order valence-corrected chi connectivity index (χ4v) is 8.19. The van der Waals surface area contributed by atoms with Gasteiger partial charge in [0.2, 0.25) is 0 Å². The zero-order chi connectivity index (χ0) is 46.0. The van der Waals surface area contributed by atoms with Gasteiger partial charge in [-0.2, -0.15) is 0 Å². The van der Waals surface area contributed by atoms with Crippen LogP contribution in [0.5, 0.6) is 0 Å². The van der Waals surface area contributed by atoms with Gasteiger partial charge in [-0.3, -0.25) is 0 Å². The summed E-state index contributed by atoms with van der Waals surface area (Å²) in [5.74, 6) is 0. The molecule has 0 aliphatic carbocycles. The van der Waals surface area contributed by atoms with Crippen LogP contribution < -0.4 is 5.32 Å². The molecule has 9 nitrogen and oxygen atoms in total. The molecule has 0 bridgehead atoms. The molecule has 1 aliphatic rings. The first-order chi connectivity index (χ1) is 31.7. The first-order valence-corrected chi connectivity index (χ1v) is 24.3. The Kier molecular flexibility index (Phi) is 23.3. The molecule has 65 heavy (non-hydrogen) atoms. The Hall–Kier alpha value is -4.35. The molecule has 1 heterocycles. The van der Waals surface area contributed by atoms with Gasteiger partial charge < -0.3 is 38.8 Å². The van der Waals surface area contributed by atoms with Gasteiger partial charge in [0.25, 0.3) is 0 Å². The first-order valence-electron chi connectivity index (χ1n) is 24.3. The van der Waals surface area contributed by atoms with Gasteiger partial charge in [0.15, 0.2) is 0 Å². The molecule has 0 spiro atoms. The number of carbonyl (C=O) groups is 1. The summed E-state index contributed by atoms with van der Waals surface area (Å²) in [6, 6.07) is 39.4. The first kappa shape index (κ1) is 51.6. The summed E-state index contributed by atoms with van der Waals surface area (Å²) in [5, 5.41) is 14.9. The zero-order valence-corrected chi connectivity index (χ0v) is 39.6. The van der Waals surface area contributed by atoms with Crippen molar-refractivity contribution in [3.63, 3.8) is 0 Å². The van der Waals surface area contributed by atoms with Crippen molar-refractivity contribution in [1.82, 2.24) is 5.32 Å². The third-order valence-electron chi connectivity index (χ3n) is 11.6. The Labute approximate surface area is 390 Å². The summed E-state index contributed by atoms with van der Waals surface area (Å²) >= 11 is 0. The van der Waals surface area contributed by atoms with Crippen LogP contribution in [0.15, 0.2) is 133 Å². The predicted molar refractivity (Wildman–Crippen MR) is 259 cm³/mol. The quantitative estimate of drug-likeness (QED) is 0.0410. The van der Waals surface area contributed by atoms with E-state index in [1.165, 1.54) is 51.4 Å². The van der Waals surface area contributed by atoms with Crippen LogP contribution in [0.2, 0.25) is 0 Å². The molecule has 0 saturated carbocycles. The number of allylic oxidation sites excluding steroid dienone is 1. The highest BCUT2D eigenvalue weighted by atomic mass is 16.6. The van der Waals surface area contributed by atoms with Gasteiger partial charge in [-0.25, -0.2) is 4.79 Å². The largest absolute Gasteiger partial charge is 0.444 e. The van der Waals surface area contributed by atoms with Crippen LogP contribution in [0, 0.1) is 0 Å². The maximum absolute atomic E-state index is 13.5. The van der Waals surface area contributed by atoms with E-state index in [0.717, 1.165) is 41.5 Å². The lowest BCUT2D eigenvalue weighted by atomic mass is 9.89. The zero-order valence-electron chi connectivity index (χ0n) is 39.6. The number of alkyl carbamates (subject to hydrolysis) is 1. The summed E-state index contributed by atoms with van der Waals surface area (Å²) in [6.07, 6.45) is 12.6. The number of amides is 1. The number of hydrogen-bond acceptors (Lipinski definition) is 8. The number of ether oxygens (including phenoxy) is 6. The van der Waals surface area contributed by atoms with Crippen molar-refractivity contribution in [2.75, 3.05) is 6.61 Å². The monoisotopic (exact) mass is 892 g/mol. The fourth-order valence-electron chi connectivity index (χ4n) is 8.19.